The predicted octanol–water partition coefficient (Wildman–Crippen LogP) is 3.35. The molecule has 0 N–H and O–H groups in total. The van der Waals surface area contributed by atoms with Gasteiger partial charge in [-0.05, 0) is 23.8 Å². The molecule has 0 radical (unpaired) electrons. The first-order valence-electron chi connectivity index (χ1n) is 4.30. The molecule has 80 valence electrons. The molecule has 0 aromatic heterocycles. The second kappa shape index (κ2) is 5.41. The number of benzene rings is 1. The van der Waals surface area contributed by atoms with Crippen LogP contribution >= 0.6 is 11.6 Å². The Labute approximate surface area is 93.3 Å². The summed E-state index contributed by atoms with van der Waals surface area (Å²) < 4.78 is 9.35. The summed E-state index contributed by atoms with van der Waals surface area (Å²) in [6.07, 6.45) is 0.254. The minimum atomic E-state index is -0.741. The molecule has 0 aliphatic heterocycles. The number of hydrogen-bond acceptors (Lipinski definition) is 3. The van der Waals surface area contributed by atoms with Crippen molar-refractivity contribution in [2.24, 2.45) is 0 Å². The molecule has 0 bridgehead atoms. The highest BCUT2D eigenvalue weighted by Crippen LogP contribution is 2.21. The Morgan fingerprint density at radius 2 is 2.07 bits per heavy atom. The average molecular weight is 227 g/mol. The monoisotopic (exact) mass is 226 g/mol. The van der Waals surface area contributed by atoms with Crippen molar-refractivity contribution in [3.63, 3.8) is 0 Å². The number of ether oxygens (including phenoxy) is 2. The molecule has 0 fully saturated rings. The largest absolute Gasteiger partial charge is 0.508 e. The highest BCUT2D eigenvalue weighted by Gasteiger charge is 2.12. The molecule has 0 aliphatic rings. The van der Waals surface area contributed by atoms with Gasteiger partial charge in [0.1, 0.15) is 6.10 Å². The van der Waals surface area contributed by atoms with Gasteiger partial charge in [0, 0.05) is 5.02 Å². The van der Waals surface area contributed by atoms with Gasteiger partial charge in [-0.2, -0.15) is 0 Å². The lowest BCUT2D eigenvalue weighted by molar-refractivity contribution is 0.0523. The average Bonchev–Trinajstić information content (AvgIpc) is 2.27. The molecule has 0 saturated carbocycles. The standard InChI is InChI=1S/C11H11ClO3/c1-3-10(15-11(13)14-2)8-4-6-9(12)7-5-8/h3-7,10H,1H2,2H3. The van der Waals surface area contributed by atoms with E-state index in [1.165, 1.54) is 13.2 Å². The van der Waals surface area contributed by atoms with Crippen molar-refractivity contribution >= 4 is 17.8 Å². The third kappa shape index (κ3) is 3.29. The Hall–Kier alpha value is -1.48. The van der Waals surface area contributed by atoms with Crippen molar-refractivity contribution in [2.75, 3.05) is 7.11 Å². The van der Waals surface area contributed by atoms with Crippen LogP contribution in [0.4, 0.5) is 4.79 Å². The maximum atomic E-state index is 10.9. The molecule has 0 amide bonds. The van der Waals surface area contributed by atoms with Gasteiger partial charge >= 0.3 is 6.16 Å². The molecule has 4 heteroatoms. The van der Waals surface area contributed by atoms with E-state index in [-0.39, 0.29) is 0 Å². The summed E-state index contributed by atoms with van der Waals surface area (Å²) in [5.74, 6) is 0. The lowest BCUT2D eigenvalue weighted by atomic mass is 10.1. The molecule has 0 heterocycles. The van der Waals surface area contributed by atoms with E-state index < -0.39 is 12.3 Å². The first-order chi connectivity index (χ1) is 7.17. The summed E-state index contributed by atoms with van der Waals surface area (Å²) in [7, 11) is 1.25. The lowest BCUT2D eigenvalue weighted by Gasteiger charge is -2.12. The number of halogens is 1. The van der Waals surface area contributed by atoms with Crippen LogP contribution in [0, 0.1) is 0 Å². The van der Waals surface area contributed by atoms with Crippen molar-refractivity contribution in [2.45, 2.75) is 6.10 Å². The highest BCUT2D eigenvalue weighted by molar-refractivity contribution is 6.30. The summed E-state index contributed by atoms with van der Waals surface area (Å²) in [5.41, 5.74) is 0.791. The summed E-state index contributed by atoms with van der Waals surface area (Å²) >= 11 is 5.73. The van der Waals surface area contributed by atoms with Crippen LogP contribution in [0.1, 0.15) is 11.7 Å². The quantitative estimate of drug-likeness (QED) is 0.586. The zero-order valence-corrected chi connectivity index (χ0v) is 9.03. The zero-order valence-electron chi connectivity index (χ0n) is 8.27. The number of rotatable bonds is 3. The number of carbonyl (C=O) groups is 1. The van der Waals surface area contributed by atoms with Gasteiger partial charge in [-0.3, -0.25) is 0 Å². The number of carbonyl (C=O) groups excluding carboxylic acids is 1. The molecule has 0 spiro atoms. The molecular weight excluding hydrogens is 216 g/mol. The lowest BCUT2D eigenvalue weighted by Crippen LogP contribution is -2.09. The molecule has 1 rings (SSSR count). The topological polar surface area (TPSA) is 35.5 Å². The Morgan fingerprint density at radius 3 is 2.53 bits per heavy atom. The molecule has 15 heavy (non-hydrogen) atoms. The van der Waals surface area contributed by atoms with Gasteiger partial charge in [-0.1, -0.05) is 30.3 Å². The Bertz CT molecular complexity index is 345. The van der Waals surface area contributed by atoms with Gasteiger partial charge in [0.15, 0.2) is 0 Å². The van der Waals surface area contributed by atoms with Gasteiger partial charge in [0.25, 0.3) is 0 Å². The number of hydrogen-bond donors (Lipinski definition) is 0. The zero-order chi connectivity index (χ0) is 11.3. The Kier molecular flexibility index (Phi) is 4.18. The van der Waals surface area contributed by atoms with Crippen LogP contribution in [-0.4, -0.2) is 13.3 Å². The van der Waals surface area contributed by atoms with Crippen molar-refractivity contribution < 1.29 is 14.3 Å². The molecule has 1 aromatic carbocycles. The molecule has 0 saturated heterocycles. The summed E-state index contributed by atoms with van der Waals surface area (Å²) in [5, 5.41) is 0.625. The molecule has 1 atom stereocenters. The van der Waals surface area contributed by atoms with Crippen LogP contribution in [0.2, 0.25) is 5.02 Å². The van der Waals surface area contributed by atoms with E-state index in [0.29, 0.717) is 5.02 Å². The maximum Gasteiger partial charge on any atom is 0.508 e. The van der Waals surface area contributed by atoms with E-state index in [4.69, 9.17) is 16.3 Å². The smallest absolute Gasteiger partial charge is 0.438 e. The highest BCUT2D eigenvalue weighted by atomic mass is 35.5. The van der Waals surface area contributed by atoms with E-state index in [2.05, 4.69) is 11.3 Å². The van der Waals surface area contributed by atoms with E-state index >= 15 is 0 Å². The minimum Gasteiger partial charge on any atom is -0.438 e. The molecule has 3 nitrogen and oxygen atoms in total. The van der Waals surface area contributed by atoms with Gasteiger partial charge < -0.3 is 9.47 Å². The second-order valence-corrected chi connectivity index (χ2v) is 3.22. The maximum absolute atomic E-state index is 10.9. The van der Waals surface area contributed by atoms with E-state index in [9.17, 15) is 4.79 Å². The first kappa shape index (κ1) is 11.6. The van der Waals surface area contributed by atoms with Crippen molar-refractivity contribution in [1.29, 1.82) is 0 Å². The van der Waals surface area contributed by atoms with Crippen LogP contribution < -0.4 is 0 Å². The molecule has 1 unspecified atom stereocenters. The number of methoxy groups -OCH3 is 1. The normalized spacial score (nSPS) is 11.6. The van der Waals surface area contributed by atoms with Crippen molar-refractivity contribution in [3.8, 4) is 0 Å². The van der Waals surface area contributed by atoms with Crippen molar-refractivity contribution in [1.82, 2.24) is 0 Å². The van der Waals surface area contributed by atoms with E-state index in [0.717, 1.165) is 5.56 Å². The van der Waals surface area contributed by atoms with E-state index in [1.807, 2.05) is 0 Å². The third-order valence-corrected chi connectivity index (χ3v) is 2.05. The van der Waals surface area contributed by atoms with Crippen LogP contribution in [0.15, 0.2) is 36.9 Å². The van der Waals surface area contributed by atoms with Gasteiger partial charge in [0.05, 0.1) is 7.11 Å². The van der Waals surface area contributed by atoms with Crippen LogP contribution in [0.3, 0.4) is 0 Å². The van der Waals surface area contributed by atoms with Crippen LogP contribution in [0.25, 0.3) is 0 Å². The van der Waals surface area contributed by atoms with Gasteiger partial charge in [0.2, 0.25) is 0 Å². The minimum absolute atomic E-state index is 0.519. The predicted molar refractivity (Wildman–Crippen MR) is 57.9 cm³/mol. The van der Waals surface area contributed by atoms with Gasteiger partial charge in [-0.25, -0.2) is 4.79 Å². The van der Waals surface area contributed by atoms with Gasteiger partial charge in [-0.15, -0.1) is 0 Å². The molecule has 0 aliphatic carbocycles. The second-order valence-electron chi connectivity index (χ2n) is 2.78. The summed E-state index contributed by atoms with van der Waals surface area (Å²) in [4.78, 5) is 10.9. The molecule has 1 aromatic rings. The van der Waals surface area contributed by atoms with Crippen LogP contribution in [-0.2, 0) is 9.47 Å². The fraction of sp³-hybridized carbons (Fsp3) is 0.182. The van der Waals surface area contributed by atoms with Crippen molar-refractivity contribution in [3.05, 3.63) is 47.5 Å². The Morgan fingerprint density at radius 1 is 1.47 bits per heavy atom. The summed E-state index contributed by atoms with van der Waals surface area (Å²) in [6, 6.07) is 6.96. The van der Waals surface area contributed by atoms with Crippen LogP contribution in [0.5, 0.6) is 0 Å². The summed E-state index contributed by atoms with van der Waals surface area (Å²) in [6.45, 7) is 3.58. The fourth-order valence-electron chi connectivity index (χ4n) is 1.06. The molecular formula is C11H11ClO3. The fourth-order valence-corrected chi connectivity index (χ4v) is 1.18. The SMILES string of the molecule is C=CC(OC(=O)OC)c1ccc(Cl)cc1. The van der Waals surface area contributed by atoms with E-state index in [1.54, 1.807) is 24.3 Å². The third-order valence-electron chi connectivity index (χ3n) is 1.80. The Balaban J connectivity index is 2.78. The first-order valence-corrected chi connectivity index (χ1v) is 4.67.